The fraction of sp³-hybridized carbons (Fsp3) is 0.238. The summed E-state index contributed by atoms with van der Waals surface area (Å²) in [5.74, 6) is -2.43. The summed E-state index contributed by atoms with van der Waals surface area (Å²) < 4.78 is 10.1. The van der Waals surface area contributed by atoms with Gasteiger partial charge in [-0.25, -0.2) is 9.69 Å². The molecular weight excluding hydrogens is 374 g/mol. The van der Waals surface area contributed by atoms with Gasteiger partial charge in [-0.05, 0) is 36.8 Å². The van der Waals surface area contributed by atoms with Gasteiger partial charge < -0.3 is 9.47 Å². The van der Waals surface area contributed by atoms with Crippen LogP contribution < -0.4 is 14.6 Å². The van der Waals surface area contributed by atoms with Gasteiger partial charge in [-0.15, -0.1) is 0 Å². The largest absolute Gasteiger partial charge is 0.495 e. The first kappa shape index (κ1) is 18.7. The maximum Gasteiger partial charge on any atom is 0.355 e. The molecule has 0 aromatic heterocycles. The van der Waals surface area contributed by atoms with Crippen molar-refractivity contribution >= 4 is 34.9 Å². The molecule has 0 N–H and O–H groups in total. The van der Waals surface area contributed by atoms with E-state index in [1.54, 1.807) is 30.3 Å². The van der Waals surface area contributed by atoms with Crippen LogP contribution in [0.5, 0.6) is 5.75 Å². The highest BCUT2D eigenvalue weighted by Crippen LogP contribution is 2.40. The summed E-state index contributed by atoms with van der Waals surface area (Å²) in [4.78, 5) is 40.0. The molecule has 2 heterocycles. The molecule has 2 amide bonds. The van der Waals surface area contributed by atoms with E-state index in [2.05, 4.69) is 5.10 Å². The molecule has 2 aliphatic heterocycles. The summed E-state index contributed by atoms with van der Waals surface area (Å²) in [6.07, 6.45) is 0. The molecule has 29 heavy (non-hydrogen) atoms. The van der Waals surface area contributed by atoms with Crippen molar-refractivity contribution < 1.29 is 23.9 Å². The summed E-state index contributed by atoms with van der Waals surface area (Å²) in [7, 11) is 2.68. The van der Waals surface area contributed by atoms with Gasteiger partial charge in [0.05, 0.1) is 25.6 Å². The molecule has 0 saturated carbocycles. The predicted molar refractivity (Wildman–Crippen MR) is 106 cm³/mol. The molecule has 8 nitrogen and oxygen atoms in total. The maximum absolute atomic E-state index is 13.4. The molecule has 2 atom stereocenters. The van der Waals surface area contributed by atoms with Crippen LogP contribution in [0.15, 0.2) is 53.6 Å². The molecule has 0 unspecified atom stereocenters. The third kappa shape index (κ3) is 2.84. The first-order chi connectivity index (χ1) is 14.0. The summed E-state index contributed by atoms with van der Waals surface area (Å²) in [5, 5.41) is 5.73. The number of methoxy groups -OCH3 is 2. The van der Waals surface area contributed by atoms with Gasteiger partial charge in [0, 0.05) is 0 Å². The van der Waals surface area contributed by atoms with E-state index in [4.69, 9.17) is 9.47 Å². The summed E-state index contributed by atoms with van der Waals surface area (Å²) in [5.41, 5.74) is 1.81. The van der Waals surface area contributed by atoms with Crippen LogP contribution in [0.4, 0.5) is 11.4 Å². The van der Waals surface area contributed by atoms with E-state index in [9.17, 15) is 14.4 Å². The monoisotopic (exact) mass is 393 g/mol. The van der Waals surface area contributed by atoms with Crippen LogP contribution in [0.2, 0.25) is 0 Å². The molecule has 0 bridgehead atoms. The van der Waals surface area contributed by atoms with E-state index >= 15 is 0 Å². The molecule has 1 saturated heterocycles. The van der Waals surface area contributed by atoms with Crippen LogP contribution in [-0.2, 0) is 19.1 Å². The Hall–Kier alpha value is -3.68. The number of hydrogen-bond donors (Lipinski definition) is 0. The van der Waals surface area contributed by atoms with Gasteiger partial charge in [0.1, 0.15) is 17.7 Å². The number of para-hydroxylation sites is 2. The number of nitrogens with zero attached hydrogens (tertiary/aromatic N) is 3. The van der Waals surface area contributed by atoms with Crippen molar-refractivity contribution in [1.82, 2.24) is 0 Å². The fourth-order valence-electron chi connectivity index (χ4n) is 3.72. The summed E-state index contributed by atoms with van der Waals surface area (Å²) in [6.45, 7) is 1.91. The van der Waals surface area contributed by atoms with E-state index in [0.717, 1.165) is 10.5 Å². The van der Waals surface area contributed by atoms with Crippen LogP contribution >= 0.6 is 0 Å². The third-order valence-corrected chi connectivity index (χ3v) is 5.04. The van der Waals surface area contributed by atoms with Crippen molar-refractivity contribution in [2.45, 2.75) is 13.0 Å². The Morgan fingerprint density at radius 3 is 2.48 bits per heavy atom. The molecule has 2 aliphatic rings. The number of anilines is 2. The molecule has 2 aromatic rings. The number of benzene rings is 2. The van der Waals surface area contributed by atoms with Gasteiger partial charge in [-0.3, -0.25) is 14.6 Å². The first-order valence-corrected chi connectivity index (χ1v) is 9.01. The van der Waals surface area contributed by atoms with E-state index < -0.39 is 29.7 Å². The molecule has 1 fully saturated rings. The maximum atomic E-state index is 13.4. The minimum Gasteiger partial charge on any atom is -0.495 e. The molecular formula is C21H19N3O5. The fourth-order valence-corrected chi connectivity index (χ4v) is 3.72. The minimum absolute atomic E-state index is 0.0882. The molecule has 0 spiro atoms. The second-order valence-electron chi connectivity index (χ2n) is 6.77. The van der Waals surface area contributed by atoms with Crippen molar-refractivity contribution in [2.75, 3.05) is 24.1 Å². The van der Waals surface area contributed by atoms with Crippen LogP contribution in [0.3, 0.4) is 0 Å². The lowest BCUT2D eigenvalue weighted by atomic mass is 9.97. The molecule has 0 radical (unpaired) electrons. The SMILES string of the molecule is COC(=O)C1=NN(c2cccc(C)c2)[C@H]2C(=O)N(c3ccccc3OC)C(=O)[C@H]12. The predicted octanol–water partition coefficient (Wildman–Crippen LogP) is 1.91. The Morgan fingerprint density at radius 1 is 1.03 bits per heavy atom. The zero-order chi connectivity index (χ0) is 20.7. The van der Waals surface area contributed by atoms with E-state index in [0.29, 0.717) is 17.1 Å². The van der Waals surface area contributed by atoms with Crippen molar-refractivity contribution in [3.63, 3.8) is 0 Å². The number of carbonyl (C=O) groups is 3. The number of imide groups is 1. The highest BCUT2D eigenvalue weighted by atomic mass is 16.5. The third-order valence-electron chi connectivity index (χ3n) is 5.04. The zero-order valence-corrected chi connectivity index (χ0v) is 16.2. The smallest absolute Gasteiger partial charge is 0.355 e. The molecule has 2 aromatic carbocycles. The summed E-state index contributed by atoms with van der Waals surface area (Å²) >= 11 is 0. The van der Waals surface area contributed by atoms with E-state index in [-0.39, 0.29) is 5.71 Å². The number of ether oxygens (including phenoxy) is 2. The second-order valence-corrected chi connectivity index (χ2v) is 6.77. The number of hydrogen-bond acceptors (Lipinski definition) is 7. The Balaban J connectivity index is 1.83. The Morgan fingerprint density at radius 2 is 1.79 bits per heavy atom. The van der Waals surface area contributed by atoms with Crippen LogP contribution in [0.25, 0.3) is 0 Å². The van der Waals surface area contributed by atoms with Gasteiger partial charge in [0.2, 0.25) is 5.91 Å². The Labute approximate surface area is 167 Å². The molecule has 0 aliphatic carbocycles. The lowest BCUT2D eigenvalue weighted by Crippen LogP contribution is -2.39. The Kier molecular flexibility index (Phi) is 4.54. The van der Waals surface area contributed by atoms with Crippen LogP contribution in [-0.4, -0.2) is 43.8 Å². The van der Waals surface area contributed by atoms with Crippen molar-refractivity contribution in [1.29, 1.82) is 0 Å². The lowest BCUT2D eigenvalue weighted by molar-refractivity contribution is -0.133. The van der Waals surface area contributed by atoms with Crippen LogP contribution in [0, 0.1) is 12.8 Å². The van der Waals surface area contributed by atoms with Gasteiger partial charge in [-0.1, -0.05) is 24.3 Å². The minimum atomic E-state index is -1.06. The van der Waals surface area contributed by atoms with Crippen molar-refractivity contribution in [3.05, 3.63) is 54.1 Å². The number of fused-ring (bicyclic) bond motifs is 1. The number of aryl methyl sites for hydroxylation is 1. The second kappa shape index (κ2) is 7.05. The number of hydrazone groups is 1. The van der Waals surface area contributed by atoms with E-state index in [1.165, 1.54) is 19.2 Å². The average Bonchev–Trinajstić information content (AvgIpc) is 3.24. The van der Waals surface area contributed by atoms with Crippen molar-refractivity contribution in [3.8, 4) is 5.75 Å². The number of rotatable bonds is 4. The van der Waals surface area contributed by atoms with Gasteiger partial charge in [0.25, 0.3) is 5.91 Å². The number of carbonyl (C=O) groups excluding carboxylic acids is 3. The standard InChI is InChI=1S/C21H19N3O5/c1-12-7-6-8-13(11-12)24-18-16(17(22-24)21(27)29-3)19(25)23(20(18)26)14-9-4-5-10-15(14)28-2/h4-11,16,18H,1-3H3/t16-,18-/m1/s1. The van der Waals surface area contributed by atoms with Gasteiger partial charge in [0.15, 0.2) is 5.71 Å². The normalized spacial score (nSPS) is 20.6. The van der Waals surface area contributed by atoms with E-state index in [1.807, 2.05) is 25.1 Å². The first-order valence-electron chi connectivity index (χ1n) is 9.01. The van der Waals surface area contributed by atoms with Crippen LogP contribution in [0.1, 0.15) is 5.56 Å². The Bertz CT molecular complexity index is 1050. The summed E-state index contributed by atoms with van der Waals surface area (Å²) in [6, 6.07) is 13.1. The number of esters is 1. The average molecular weight is 393 g/mol. The lowest BCUT2D eigenvalue weighted by Gasteiger charge is -2.23. The highest BCUT2D eigenvalue weighted by Gasteiger charge is 2.59. The highest BCUT2D eigenvalue weighted by molar-refractivity contribution is 6.47. The molecule has 148 valence electrons. The zero-order valence-electron chi connectivity index (χ0n) is 16.2. The van der Waals surface area contributed by atoms with Gasteiger partial charge >= 0.3 is 5.97 Å². The molecule has 8 heteroatoms. The topological polar surface area (TPSA) is 88.5 Å². The quantitative estimate of drug-likeness (QED) is 0.582. The van der Waals surface area contributed by atoms with Crippen molar-refractivity contribution in [2.24, 2.45) is 11.0 Å². The van der Waals surface area contributed by atoms with Gasteiger partial charge in [-0.2, -0.15) is 5.10 Å². The number of amides is 2. The molecule has 4 rings (SSSR count).